The van der Waals surface area contributed by atoms with Gasteiger partial charge in [0.25, 0.3) is 0 Å². The smallest absolute Gasteiger partial charge is 0.233 e. The molecule has 1 aromatic carbocycles. The van der Waals surface area contributed by atoms with E-state index in [-0.39, 0.29) is 17.9 Å². The SMILES string of the molecule is NC1CCC2CN(C(=O)C3COc4ccc(Br)cc43)CC12. The molecule has 3 aliphatic rings. The quantitative estimate of drug-likeness (QED) is 0.843. The van der Waals surface area contributed by atoms with Gasteiger partial charge in [-0.05, 0) is 42.9 Å². The third kappa shape index (κ3) is 2.18. The molecule has 1 aromatic rings. The maximum atomic E-state index is 12.8. The molecule has 2 aliphatic heterocycles. The molecule has 2 N–H and O–H groups in total. The zero-order valence-corrected chi connectivity index (χ0v) is 13.4. The van der Waals surface area contributed by atoms with Crippen molar-refractivity contribution in [2.75, 3.05) is 19.7 Å². The highest BCUT2D eigenvalue weighted by molar-refractivity contribution is 9.10. The van der Waals surface area contributed by atoms with Crippen molar-refractivity contribution in [3.05, 3.63) is 28.2 Å². The first-order valence-electron chi connectivity index (χ1n) is 7.60. The minimum Gasteiger partial charge on any atom is -0.492 e. The number of benzene rings is 1. The molecular formula is C16H19BrN2O2. The molecule has 2 heterocycles. The lowest BCUT2D eigenvalue weighted by Crippen LogP contribution is -2.36. The Morgan fingerprint density at radius 3 is 3.00 bits per heavy atom. The minimum absolute atomic E-state index is 0.160. The van der Waals surface area contributed by atoms with Crippen LogP contribution in [0.25, 0.3) is 0 Å². The number of ether oxygens (including phenoxy) is 1. The summed E-state index contributed by atoms with van der Waals surface area (Å²) in [6.07, 6.45) is 2.28. The Morgan fingerprint density at radius 2 is 2.19 bits per heavy atom. The van der Waals surface area contributed by atoms with Gasteiger partial charge in [-0.25, -0.2) is 0 Å². The van der Waals surface area contributed by atoms with Crippen molar-refractivity contribution in [3.8, 4) is 5.75 Å². The molecule has 21 heavy (non-hydrogen) atoms. The van der Waals surface area contributed by atoms with Crippen LogP contribution in [0.2, 0.25) is 0 Å². The first-order valence-corrected chi connectivity index (χ1v) is 8.39. The molecule has 1 amide bonds. The van der Waals surface area contributed by atoms with E-state index in [0.29, 0.717) is 18.4 Å². The van der Waals surface area contributed by atoms with Crippen molar-refractivity contribution in [1.82, 2.24) is 4.90 Å². The largest absolute Gasteiger partial charge is 0.492 e. The Kier molecular flexibility index (Phi) is 3.23. The van der Waals surface area contributed by atoms with Gasteiger partial charge in [-0.3, -0.25) is 4.79 Å². The van der Waals surface area contributed by atoms with Gasteiger partial charge in [0.1, 0.15) is 18.3 Å². The number of carbonyl (C=O) groups excluding carboxylic acids is 1. The van der Waals surface area contributed by atoms with E-state index in [2.05, 4.69) is 15.9 Å². The van der Waals surface area contributed by atoms with E-state index in [1.807, 2.05) is 23.1 Å². The number of hydrogen-bond acceptors (Lipinski definition) is 3. The summed E-state index contributed by atoms with van der Waals surface area (Å²) in [6, 6.07) is 6.16. The molecule has 0 radical (unpaired) electrons. The monoisotopic (exact) mass is 350 g/mol. The van der Waals surface area contributed by atoms with Gasteiger partial charge in [-0.1, -0.05) is 15.9 Å². The first-order chi connectivity index (χ1) is 10.1. The number of nitrogens with two attached hydrogens (primary N) is 1. The Balaban J connectivity index is 1.54. The van der Waals surface area contributed by atoms with E-state index in [9.17, 15) is 4.79 Å². The van der Waals surface area contributed by atoms with Gasteiger partial charge in [-0.15, -0.1) is 0 Å². The number of amides is 1. The Morgan fingerprint density at radius 1 is 1.33 bits per heavy atom. The molecule has 0 aromatic heterocycles. The number of halogens is 1. The lowest BCUT2D eigenvalue weighted by Gasteiger charge is -2.21. The standard InChI is InChI=1S/C16H19BrN2O2/c17-10-2-4-15-11(5-10)13(8-21-15)16(20)19-6-9-1-3-14(18)12(9)7-19/h2,4-5,9,12-14H,1,3,6-8,18H2. The Hall–Kier alpha value is -1.07. The summed E-state index contributed by atoms with van der Waals surface area (Å²) < 4.78 is 6.66. The molecule has 4 atom stereocenters. The molecule has 5 heteroatoms. The van der Waals surface area contributed by atoms with E-state index in [1.165, 1.54) is 6.42 Å². The van der Waals surface area contributed by atoms with Crippen LogP contribution in [0.1, 0.15) is 24.3 Å². The summed E-state index contributed by atoms with van der Waals surface area (Å²) in [6.45, 7) is 2.16. The van der Waals surface area contributed by atoms with Crippen LogP contribution in [-0.2, 0) is 4.79 Å². The van der Waals surface area contributed by atoms with Crippen molar-refractivity contribution < 1.29 is 9.53 Å². The zero-order valence-electron chi connectivity index (χ0n) is 11.8. The topological polar surface area (TPSA) is 55.6 Å². The number of rotatable bonds is 1. The fourth-order valence-electron chi connectivity index (χ4n) is 4.10. The van der Waals surface area contributed by atoms with Crippen LogP contribution in [-0.4, -0.2) is 36.5 Å². The maximum Gasteiger partial charge on any atom is 0.233 e. The number of nitrogens with zero attached hydrogens (tertiary/aromatic N) is 1. The summed E-state index contributed by atoms with van der Waals surface area (Å²) in [7, 11) is 0. The van der Waals surface area contributed by atoms with Crippen molar-refractivity contribution in [3.63, 3.8) is 0 Å². The van der Waals surface area contributed by atoms with Gasteiger partial charge in [-0.2, -0.15) is 0 Å². The Labute approximate surface area is 132 Å². The fraction of sp³-hybridized carbons (Fsp3) is 0.562. The third-order valence-corrected chi connectivity index (χ3v) is 5.77. The van der Waals surface area contributed by atoms with Crippen LogP contribution >= 0.6 is 15.9 Å². The minimum atomic E-state index is -0.160. The third-order valence-electron chi connectivity index (χ3n) is 5.27. The van der Waals surface area contributed by atoms with Crippen molar-refractivity contribution in [2.45, 2.75) is 24.8 Å². The van der Waals surface area contributed by atoms with Crippen LogP contribution in [0.3, 0.4) is 0 Å². The van der Waals surface area contributed by atoms with E-state index in [4.69, 9.17) is 10.5 Å². The fourth-order valence-corrected chi connectivity index (χ4v) is 4.48. The van der Waals surface area contributed by atoms with Crippen LogP contribution in [0.15, 0.2) is 22.7 Å². The van der Waals surface area contributed by atoms with Gasteiger partial charge in [0.15, 0.2) is 0 Å². The number of carbonyl (C=O) groups is 1. The molecule has 0 spiro atoms. The summed E-state index contributed by atoms with van der Waals surface area (Å²) in [5.41, 5.74) is 7.17. The van der Waals surface area contributed by atoms with Gasteiger partial charge in [0, 0.05) is 29.2 Å². The van der Waals surface area contributed by atoms with Crippen molar-refractivity contribution in [1.29, 1.82) is 0 Å². The molecule has 4 nitrogen and oxygen atoms in total. The molecule has 1 aliphatic carbocycles. The average Bonchev–Trinajstić information content (AvgIpc) is 3.14. The predicted molar refractivity (Wildman–Crippen MR) is 83.1 cm³/mol. The average molecular weight is 351 g/mol. The van der Waals surface area contributed by atoms with Crippen molar-refractivity contribution in [2.24, 2.45) is 17.6 Å². The summed E-state index contributed by atoms with van der Waals surface area (Å²) in [5, 5.41) is 0. The second-order valence-corrected chi connectivity index (χ2v) is 7.37. The molecule has 112 valence electrons. The van der Waals surface area contributed by atoms with E-state index in [0.717, 1.165) is 35.3 Å². The molecule has 0 bridgehead atoms. The molecule has 2 fully saturated rings. The summed E-state index contributed by atoms with van der Waals surface area (Å²) >= 11 is 3.48. The molecule has 1 saturated carbocycles. The number of hydrogen-bond donors (Lipinski definition) is 1. The second-order valence-electron chi connectivity index (χ2n) is 6.45. The predicted octanol–water partition coefficient (Wildman–Crippen LogP) is 2.12. The lowest BCUT2D eigenvalue weighted by atomic mass is 9.98. The van der Waals surface area contributed by atoms with E-state index < -0.39 is 0 Å². The van der Waals surface area contributed by atoms with Crippen LogP contribution in [0.4, 0.5) is 0 Å². The van der Waals surface area contributed by atoms with Crippen molar-refractivity contribution >= 4 is 21.8 Å². The van der Waals surface area contributed by atoms with Crippen LogP contribution < -0.4 is 10.5 Å². The second kappa shape index (κ2) is 4.99. The summed E-state index contributed by atoms with van der Waals surface area (Å²) in [4.78, 5) is 14.9. The highest BCUT2D eigenvalue weighted by Gasteiger charge is 2.44. The van der Waals surface area contributed by atoms with Gasteiger partial charge in [0.2, 0.25) is 5.91 Å². The number of likely N-dealkylation sites (tertiary alicyclic amines) is 1. The molecule has 4 unspecified atom stereocenters. The molecule has 4 rings (SSSR count). The zero-order chi connectivity index (χ0) is 14.6. The normalized spacial score (nSPS) is 33.7. The molecule has 1 saturated heterocycles. The van der Waals surface area contributed by atoms with Crippen LogP contribution in [0, 0.1) is 11.8 Å². The number of fused-ring (bicyclic) bond motifs is 2. The van der Waals surface area contributed by atoms with Crippen LogP contribution in [0.5, 0.6) is 5.75 Å². The van der Waals surface area contributed by atoms with Gasteiger partial charge in [0.05, 0.1) is 0 Å². The maximum absolute atomic E-state index is 12.8. The van der Waals surface area contributed by atoms with Gasteiger partial charge < -0.3 is 15.4 Å². The lowest BCUT2D eigenvalue weighted by molar-refractivity contribution is -0.132. The van der Waals surface area contributed by atoms with E-state index in [1.54, 1.807) is 0 Å². The highest BCUT2D eigenvalue weighted by Crippen LogP contribution is 2.41. The molecular weight excluding hydrogens is 332 g/mol. The van der Waals surface area contributed by atoms with Gasteiger partial charge >= 0.3 is 0 Å². The Bertz CT molecular complexity index is 592. The highest BCUT2D eigenvalue weighted by atomic mass is 79.9. The summed E-state index contributed by atoms with van der Waals surface area (Å²) in [5.74, 6) is 1.99. The van der Waals surface area contributed by atoms with E-state index >= 15 is 0 Å². The first kappa shape index (κ1) is 13.6.